The van der Waals surface area contributed by atoms with Gasteiger partial charge in [0, 0.05) is 18.1 Å². The summed E-state index contributed by atoms with van der Waals surface area (Å²) < 4.78 is 0. The van der Waals surface area contributed by atoms with Gasteiger partial charge in [0.05, 0.1) is 0 Å². The molecule has 4 nitrogen and oxygen atoms in total. The third kappa shape index (κ3) is 3.38. The molecule has 86 valence electrons. The molecule has 2 aliphatic rings. The van der Waals surface area contributed by atoms with Crippen molar-refractivity contribution in [2.45, 2.75) is 56.7 Å². The number of rotatable bonds is 3. The monoisotopic (exact) mass is 211 g/mol. The molecular formula is C11H21N3O. The normalized spacial score (nSPS) is 31.0. The summed E-state index contributed by atoms with van der Waals surface area (Å²) >= 11 is 0. The van der Waals surface area contributed by atoms with Gasteiger partial charge in [0.2, 0.25) is 0 Å². The first kappa shape index (κ1) is 10.7. The van der Waals surface area contributed by atoms with E-state index in [9.17, 15) is 4.79 Å². The van der Waals surface area contributed by atoms with Crippen LogP contribution < -0.4 is 16.0 Å². The molecule has 2 fully saturated rings. The number of hydrogen-bond acceptors (Lipinski definition) is 2. The summed E-state index contributed by atoms with van der Waals surface area (Å²) in [6.45, 7) is 0. The van der Waals surface area contributed by atoms with Crippen molar-refractivity contribution < 1.29 is 4.79 Å². The van der Waals surface area contributed by atoms with Gasteiger partial charge in [0.1, 0.15) is 0 Å². The molecule has 2 amide bonds. The van der Waals surface area contributed by atoms with Crippen molar-refractivity contribution in [1.82, 2.24) is 16.0 Å². The van der Waals surface area contributed by atoms with E-state index < -0.39 is 0 Å². The number of carbonyl (C=O) groups excluding carboxylic acids is 1. The van der Waals surface area contributed by atoms with E-state index in [1.165, 1.54) is 12.8 Å². The molecule has 2 aliphatic carbocycles. The van der Waals surface area contributed by atoms with Crippen LogP contribution in [0.1, 0.15) is 38.5 Å². The van der Waals surface area contributed by atoms with Crippen LogP contribution in [0.5, 0.6) is 0 Å². The van der Waals surface area contributed by atoms with Crippen LogP contribution in [-0.4, -0.2) is 31.2 Å². The number of amides is 2. The van der Waals surface area contributed by atoms with Crippen molar-refractivity contribution >= 4 is 6.03 Å². The minimum Gasteiger partial charge on any atom is -0.335 e. The van der Waals surface area contributed by atoms with E-state index in [0.717, 1.165) is 25.7 Å². The fraction of sp³-hybridized carbons (Fsp3) is 0.909. The van der Waals surface area contributed by atoms with Gasteiger partial charge in [-0.1, -0.05) is 0 Å². The highest BCUT2D eigenvalue weighted by Crippen LogP contribution is 2.20. The molecule has 0 aromatic rings. The van der Waals surface area contributed by atoms with E-state index in [2.05, 4.69) is 16.0 Å². The number of urea groups is 1. The van der Waals surface area contributed by atoms with Gasteiger partial charge >= 0.3 is 6.03 Å². The second kappa shape index (κ2) is 4.84. The molecule has 2 saturated carbocycles. The summed E-state index contributed by atoms with van der Waals surface area (Å²) in [5.74, 6) is 0. The smallest absolute Gasteiger partial charge is 0.315 e. The zero-order valence-electron chi connectivity index (χ0n) is 9.38. The van der Waals surface area contributed by atoms with Gasteiger partial charge in [-0.3, -0.25) is 0 Å². The van der Waals surface area contributed by atoms with Crippen LogP contribution in [0.15, 0.2) is 0 Å². The molecule has 0 bridgehead atoms. The molecule has 0 aromatic carbocycles. The molecule has 0 aromatic heterocycles. The maximum absolute atomic E-state index is 11.5. The first-order valence-electron chi connectivity index (χ1n) is 6.02. The zero-order valence-corrected chi connectivity index (χ0v) is 9.38. The topological polar surface area (TPSA) is 53.2 Å². The Hall–Kier alpha value is -0.770. The highest BCUT2D eigenvalue weighted by Gasteiger charge is 2.25. The number of nitrogens with one attached hydrogen (secondary N) is 3. The molecule has 0 atom stereocenters. The summed E-state index contributed by atoms with van der Waals surface area (Å²) in [5.41, 5.74) is 0. The third-order valence-electron chi connectivity index (χ3n) is 3.38. The van der Waals surface area contributed by atoms with Crippen molar-refractivity contribution in [3.63, 3.8) is 0 Å². The summed E-state index contributed by atoms with van der Waals surface area (Å²) in [6.07, 6.45) is 6.85. The summed E-state index contributed by atoms with van der Waals surface area (Å²) in [7, 11) is 2.01. The molecule has 0 aliphatic heterocycles. The standard InChI is InChI=1S/C11H21N3O/c1-12-8-2-4-9(5-3-8)13-11(15)14-10-6-7-10/h8-10,12H,2-7H2,1H3,(H2,13,14,15). The lowest BCUT2D eigenvalue weighted by atomic mass is 9.91. The fourth-order valence-corrected chi connectivity index (χ4v) is 2.17. The lowest BCUT2D eigenvalue weighted by Crippen LogP contribution is -2.46. The maximum atomic E-state index is 11.5. The maximum Gasteiger partial charge on any atom is 0.315 e. The van der Waals surface area contributed by atoms with Crippen molar-refractivity contribution in [2.75, 3.05) is 7.05 Å². The molecule has 0 unspecified atom stereocenters. The van der Waals surface area contributed by atoms with E-state index in [4.69, 9.17) is 0 Å². The van der Waals surface area contributed by atoms with Gasteiger partial charge in [0.25, 0.3) is 0 Å². The lowest BCUT2D eigenvalue weighted by molar-refractivity contribution is 0.229. The molecule has 0 spiro atoms. The summed E-state index contributed by atoms with van der Waals surface area (Å²) in [4.78, 5) is 11.5. The molecule has 0 radical (unpaired) electrons. The minimum absolute atomic E-state index is 0.0328. The van der Waals surface area contributed by atoms with Crippen LogP contribution in [0.2, 0.25) is 0 Å². The number of hydrogen-bond donors (Lipinski definition) is 3. The molecule has 0 heterocycles. The Balaban J connectivity index is 1.64. The largest absolute Gasteiger partial charge is 0.335 e. The van der Waals surface area contributed by atoms with Crippen LogP contribution in [0, 0.1) is 0 Å². The zero-order chi connectivity index (χ0) is 10.7. The first-order chi connectivity index (χ1) is 7.28. The predicted octanol–water partition coefficient (Wildman–Crippen LogP) is 0.979. The van der Waals surface area contributed by atoms with E-state index >= 15 is 0 Å². The highest BCUT2D eigenvalue weighted by atomic mass is 16.2. The third-order valence-corrected chi connectivity index (χ3v) is 3.38. The fourth-order valence-electron chi connectivity index (χ4n) is 2.17. The quantitative estimate of drug-likeness (QED) is 0.652. The van der Waals surface area contributed by atoms with Crippen LogP contribution in [-0.2, 0) is 0 Å². The van der Waals surface area contributed by atoms with E-state index in [1.54, 1.807) is 0 Å². The Morgan fingerprint density at radius 3 is 1.67 bits per heavy atom. The van der Waals surface area contributed by atoms with Crippen LogP contribution in [0.3, 0.4) is 0 Å². The average molecular weight is 211 g/mol. The molecule has 0 saturated heterocycles. The Kier molecular flexibility index (Phi) is 3.46. The van der Waals surface area contributed by atoms with Crippen molar-refractivity contribution in [1.29, 1.82) is 0 Å². The van der Waals surface area contributed by atoms with Crippen molar-refractivity contribution in [2.24, 2.45) is 0 Å². The Bertz CT molecular complexity index is 220. The summed E-state index contributed by atoms with van der Waals surface area (Å²) in [6, 6.07) is 1.52. The molecule has 2 rings (SSSR count). The van der Waals surface area contributed by atoms with E-state index in [0.29, 0.717) is 18.1 Å². The van der Waals surface area contributed by atoms with Crippen LogP contribution >= 0.6 is 0 Å². The van der Waals surface area contributed by atoms with Gasteiger partial charge in [0.15, 0.2) is 0 Å². The van der Waals surface area contributed by atoms with Crippen LogP contribution in [0.25, 0.3) is 0 Å². The minimum atomic E-state index is 0.0328. The Morgan fingerprint density at radius 2 is 1.27 bits per heavy atom. The second-order valence-electron chi connectivity index (χ2n) is 4.73. The summed E-state index contributed by atoms with van der Waals surface area (Å²) in [5, 5.41) is 9.31. The molecular weight excluding hydrogens is 190 g/mol. The van der Waals surface area contributed by atoms with Gasteiger partial charge in [-0.05, 0) is 45.6 Å². The predicted molar refractivity (Wildman–Crippen MR) is 59.8 cm³/mol. The van der Waals surface area contributed by atoms with Gasteiger partial charge < -0.3 is 16.0 Å². The lowest BCUT2D eigenvalue weighted by Gasteiger charge is -2.28. The van der Waals surface area contributed by atoms with E-state index in [1.807, 2.05) is 7.05 Å². The van der Waals surface area contributed by atoms with Crippen molar-refractivity contribution in [3.8, 4) is 0 Å². The highest BCUT2D eigenvalue weighted by molar-refractivity contribution is 5.74. The molecule has 4 heteroatoms. The molecule has 15 heavy (non-hydrogen) atoms. The Labute approximate surface area is 91.2 Å². The van der Waals surface area contributed by atoms with Gasteiger partial charge in [-0.15, -0.1) is 0 Å². The number of carbonyl (C=O) groups is 1. The van der Waals surface area contributed by atoms with Gasteiger partial charge in [-0.2, -0.15) is 0 Å². The SMILES string of the molecule is CNC1CCC(NC(=O)NC2CC2)CC1. The van der Waals surface area contributed by atoms with E-state index in [-0.39, 0.29) is 6.03 Å². The van der Waals surface area contributed by atoms with Gasteiger partial charge in [-0.25, -0.2) is 4.79 Å². The Morgan fingerprint density at radius 1 is 0.867 bits per heavy atom. The molecule has 3 N–H and O–H groups in total. The first-order valence-corrected chi connectivity index (χ1v) is 6.02. The van der Waals surface area contributed by atoms with Crippen molar-refractivity contribution in [3.05, 3.63) is 0 Å². The average Bonchev–Trinajstić information content (AvgIpc) is 3.03. The second-order valence-corrected chi connectivity index (χ2v) is 4.73. The van der Waals surface area contributed by atoms with Crippen LogP contribution in [0.4, 0.5) is 4.79 Å².